The van der Waals surface area contributed by atoms with Gasteiger partial charge in [-0.3, -0.25) is 4.79 Å². The molecular formula is C28H44N2O5. The second-order valence-electron chi connectivity index (χ2n) is 13.1. The van der Waals surface area contributed by atoms with Gasteiger partial charge in [-0.1, -0.05) is 27.7 Å². The third-order valence-corrected chi connectivity index (χ3v) is 11.4. The van der Waals surface area contributed by atoms with Crippen LogP contribution >= 0.6 is 0 Å². The second kappa shape index (κ2) is 8.56. The molecule has 196 valence electrons. The number of hydrogen-bond donors (Lipinski definition) is 4. The number of hydrogen-bond acceptors (Lipinski definition) is 6. The third kappa shape index (κ3) is 3.63. The molecule has 5 rings (SSSR count). The van der Waals surface area contributed by atoms with E-state index in [9.17, 15) is 19.8 Å². The van der Waals surface area contributed by atoms with Crippen molar-refractivity contribution in [3.05, 3.63) is 11.6 Å². The highest BCUT2D eigenvalue weighted by Gasteiger charge is 2.70. The molecule has 4 aliphatic carbocycles. The fourth-order valence-corrected chi connectivity index (χ4v) is 9.12. The fraction of sp³-hybridized carbons (Fsp3) is 0.857. The second-order valence-corrected chi connectivity index (χ2v) is 13.1. The highest BCUT2D eigenvalue weighted by Crippen LogP contribution is 2.69. The predicted molar refractivity (Wildman–Crippen MR) is 132 cm³/mol. The average molecular weight is 489 g/mol. The zero-order valence-corrected chi connectivity index (χ0v) is 21.8. The maximum atomic E-state index is 12.6. The Morgan fingerprint density at radius 1 is 1.14 bits per heavy atom. The summed E-state index contributed by atoms with van der Waals surface area (Å²) in [7, 11) is 0. The van der Waals surface area contributed by atoms with Crippen LogP contribution in [0.3, 0.4) is 0 Å². The molecule has 4 saturated carbocycles. The van der Waals surface area contributed by atoms with E-state index in [2.05, 4.69) is 12.2 Å². The minimum atomic E-state index is -0.949. The molecule has 0 aromatic carbocycles. The van der Waals surface area contributed by atoms with Gasteiger partial charge in [0.2, 0.25) is 5.91 Å². The molecule has 7 nitrogen and oxygen atoms in total. The van der Waals surface area contributed by atoms with Crippen LogP contribution in [-0.4, -0.2) is 52.5 Å². The van der Waals surface area contributed by atoms with Gasteiger partial charge in [-0.05, 0) is 91.9 Å². The lowest BCUT2D eigenvalue weighted by atomic mass is 9.42. The number of carbonyl (C=O) groups excluding carboxylic acids is 2. The Morgan fingerprint density at radius 2 is 1.89 bits per heavy atom. The lowest BCUT2D eigenvalue weighted by Crippen LogP contribution is -2.67. The number of fused-ring (bicyclic) bond motifs is 5. The summed E-state index contributed by atoms with van der Waals surface area (Å²) in [5.41, 5.74) is 5.43. The van der Waals surface area contributed by atoms with Crippen LogP contribution in [0.5, 0.6) is 0 Å². The summed E-state index contributed by atoms with van der Waals surface area (Å²) in [5.74, 6) is 0.558. The minimum Gasteiger partial charge on any atom is -0.458 e. The van der Waals surface area contributed by atoms with E-state index < -0.39 is 23.2 Å². The van der Waals surface area contributed by atoms with Crippen molar-refractivity contribution in [2.24, 2.45) is 46.2 Å². The molecule has 4 fully saturated rings. The molecule has 1 amide bonds. The Bertz CT molecular complexity index is 919. The van der Waals surface area contributed by atoms with Crippen molar-refractivity contribution in [2.75, 3.05) is 6.61 Å². The molecule has 0 spiro atoms. The van der Waals surface area contributed by atoms with Crippen LogP contribution < -0.4 is 11.1 Å². The Morgan fingerprint density at radius 3 is 2.54 bits per heavy atom. The van der Waals surface area contributed by atoms with Crippen molar-refractivity contribution >= 4 is 11.9 Å². The lowest BCUT2D eigenvalue weighted by molar-refractivity contribution is -0.243. The van der Waals surface area contributed by atoms with Crippen LogP contribution in [0.2, 0.25) is 0 Å². The summed E-state index contributed by atoms with van der Waals surface area (Å²) < 4.78 is 5.20. The van der Waals surface area contributed by atoms with E-state index >= 15 is 0 Å². The number of esters is 1. The van der Waals surface area contributed by atoms with E-state index in [4.69, 9.17) is 10.5 Å². The highest BCUT2D eigenvalue weighted by atomic mass is 16.5. The first-order valence-electron chi connectivity index (χ1n) is 13.8. The standard InChI is InChI=1S/C28H44N2O5/c1-15(2)24(29)25(33)30-18-7-9-26(3)17(12-18)5-6-20-21(26)13-22(31)27(4)19(8-10-28(20,27)34)16-11-23(32)35-14-16/h11,15,17-22,24,31,34H,5-10,12-14,29H2,1-4H3,(H,30,33)/t17-,18-,19-,20-,21-,22-,24-,26-,27-,28-/m1/s1. The molecule has 1 heterocycles. The molecule has 10 atom stereocenters. The molecule has 7 heteroatoms. The number of carbonyl (C=O) groups is 2. The van der Waals surface area contributed by atoms with Gasteiger partial charge in [0.1, 0.15) is 6.61 Å². The zero-order chi connectivity index (χ0) is 25.3. The molecule has 0 aromatic heterocycles. The molecule has 0 saturated heterocycles. The number of rotatable bonds is 4. The van der Waals surface area contributed by atoms with E-state index in [-0.39, 0.29) is 53.6 Å². The maximum Gasteiger partial charge on any atom is 0.331 e. The van der Waals surface area contributed by atoms with Gasteiger partial charge in [-0.15, -0.1) is 0 Å². The summed E-state index contributed by atoms with van der Waals surface area (Å²) in [6, 6.07) is -0.336. The monoisotopic (exact) mass is 488 g/mol. The summed E-state index contributed by atoms with van der Waals surface area (Å²) in [6.07, 6.45) is 7.88. The predicted octanol–water partition coefficient (Wildman–Crippen LogP) is 2.68. The van der Waals surface area contributed by atoms with Crippen LogP contribution in [0, 0.1) is 40.4 Å². The Kier molecular flexibility index (Phi) is 6.17. The summed E-state index contributed by atoms with van der Waals surface area (Å²) in [6.45, 7) is 8.64. The first kappa shape index (κ1) is 25.2. The summed E-state index contributed by atoms with van der Waals surface area (Å²) in [5, 5.41) is 27.2. The minimum absolute atomic E-state index is 0.0310. The van der Waals surface area contributed by atoms with Crippen molar-refractivity contribution < 1.29 is 24.5 Å². The van der Waals surface area contributed by atoms with Gasteiger partial charge in [0.25, 0.3) is 0 Å². The Labute approximate surface area is 209 Å². The largest absolute Gasteiger partial charge is 0.458 e. The first-order valence-corrected chi connectivity index (χ1v) is 13.8. The van der Waals surface area contributed by atoms with Crippen LogP contribution in [0.4, 0.5) is 0 Å². The van der Waals surface area contributed by atoms with Crippen molar-refractivity contribution in [3.8, 4) is 0 Å². The third-order valence-electron chi connectivity index (χ3n) is 11.4. The lowest BCUT2D eigenvalue weighted by Gasteiger charge is -2.65. The molecule has 35 heavy (non-hydrogen) atoms. The van der Waals surface area contributed by atoms with Crippen LogP contribution in [0.15, 0.2) is 11.6 Å². The maximum absolute atomic E-state index is 12.6. The van der Waals surface area contributed by atoms with Gasteiger partial charge in [0, 0.05) is 17.5 Å². The number of cyclic esters (lactones) is 1. The number of nitrogens with one attached hydrogen (secondary N) is 1. The van der Waals surface area contributed by atoms with Gasteiger partial charge >= 0.3 is 5.97 Å². The molecule has 1 aliphatic heterocycles. The van der Waals surface area contributed by atoms with E-state index in [1.165, 1.54) is 0 Å². The van der Waals surface area contributed by atoms with Gasteiger partial charge in [0.05, 0.1) is 17.7 Å². The molecule has 5 aliphatic rings. The molecular weight excluding hydrogens is 444 g/mol. The Balaban J connectivity index is 1.35. The van der Waals surface area contributed by atoms with Crippen LogP contribution in [0.1, 0.15) is 79.1 Å². The highest BCUT2D eigenvalue weighted by molar-refractivity contribution is 5.85. The normalized spacial score (nSPS) is 47.9. The molecule has 0 unspecified atom stereocenters. The number of amides is 1. The van der Waals surface area contributed by atoms with Gasteiger partial charge in [-0.25, -0.2) is 4.79 Å². The van der Waals surface area contributed by atoms with Crippen LogP contribution in [-0.2, 0) is 14.3 Å². The molecule has 5 N–H and O–H groups in total. The summed E-state index contributed by atoms with van der Waals surface area (Å²) >= 11 is 0. The number of aliphatic hydroxyl groups is 2. The topological polar surface area (TPSA) is 122 Å². The molecule has 0 radical (unpaired) electrons. The van der Waals surface area contributed by atoms with Gasteiger partial charge in [-0.2, -0.15) is 0 Å². The molecule has 0 bridgehead atoms. The SMILES string of the molecule is CC(C)[C@@H](N)C(=O)N[C@@H]1CC[C@]2(C)[C@H](CC[C@@H]3[C@H]2C[C@@H](O)[C@@]2(C)[C@@H](C4=CC(=O)OC4)CC[C@@]32O)C1. The van der Waals surface area contributed by atoms with Crippen molar-refractivity contribution in [1.82, 2.24) is 5.32 Å². The molecule has 0 aromatic rings. The average Bonchev–Trinajstić information content (AvgIpc) is 3.35. The van der Waals surface area contributed by atoms with E-state index in [0.717, 1.165) is 44.1 Å². The van der Waals surface area contributed by atoms with Crippen molar-refractivity contribution in [1.29, 1.82) is 0 Å². The quantitative estimate of drug-likeness (QED) is 0.452. The fourth-order valence-electron chi connectivity index (χ4n) is 9.12. The van der Waals surface area contributed by atoms with Crippen molar-refractivity contribution in [3.63, 3.8) is 0 Å². The van der Waals surface area contributed by atoms with E-state index in [1.54, 1.807) is 6.08 Å². The van der Waals surface area contributed by atoms with E-state index in [0.29, 0.717) is 18.8 Å². The number of ether oxygens (including phenoxy) is 1. The van der Waals surface area contributed by atoms with Gasteiger partial charge in [0.15, 0.2) is 0 Å². The van der Waals surface area contributed by atoms with Gasteiger partial charge < -0.3 is 26.0 Å². The van der Waals surface area contributed by atoms with Crippen LogP contribution in [0.25, 0.3) is 0 Å². The Hall–Kier alpha value is -1.44. The van der Waals surface area contributed by atoms with E-state index in [1.807, 2.05) is 20.8 Å². The smallest absolute Gasteiger partial charge is 0.331 e. The number of nitrogens with two attached hydrogens (primary N) is 1. The first-order chi connectivity index (χ1) is 16.4. The number of aliphatic hydroxyl groups excluding tert-OH is 1. The summed E-state index contributed by atoms with van der Waals surface area (Å²) in [4.78, 5) is 24.4. The zero-order valence-electron chi connectivity index (χ0n) is 21.8. The van der Waals surface area contributed by atoms with Crippen molar-refractivity contribution in [2.45, 2.75) is 103 Å².